The molecule has 0 fully saturated rings. The molecule has 0 spiro atoms. The lowest BCUT2D eigenvalue weighted by molar-refractivity contribution is 0.663. The summed E-state index contributed by atoms with van der Waals surface area (Å²) in [5.41, 5.74) is 10.9. The average molecular weight is 793 g/mol. The van der Waals surface area contributed by atoms with Gasteiger partial charge in [0.25, 0.3) is 0 Å². The smallest absolute Gasteiger partial charge is 0.143 e. The Hall–Kier alpha value is -7.72. The van der Waals surface area contributed by atoms with E-state index in [4.69, 9.17) is 8.83 Å². The fourth-order valence-corrected chi connectivity index (χ4v) is 11.7. The quantitative estimate of drug-likeness (QED) is 0.167. The molecule has 0 aliphatic carbocycles. The van der Waals surface area contributed by atoms with E-state index in [0.717, 1.165) is 49.4 Å². The van der Waals surface area contributed by atoms with E-state index in [1.165, 1.54) is 91.1 Å². The zero-order valence-corrected chi connectivity index (χ0v) is 33.5. The van der Waals surface area contributed by atoms with Crippen LogP contribution in [0.1, 0.15) is 0 Å². The Balaban J connectivity index is 1.03. The van der Waals surface area contributed by atoms with Gasteiger partial charge in [-0.2, -0.15) is 0 Å². The fourth-order valence-electron chi connectivity index (χ4n) is 10.5. The Labute approximate surface area is 353 Å². The second-order valence-electron chi connectivity index (χ2n) is 16.2. The predicted molar refractivity (Wildman–Crippen MR) is 260 cm³/mol. The van der Waals surface area contributed by atoms with E-state index >= 15 is 0 Å². The van der Waals surface area contributed by atoms with Gasteiger partial charge in [-0.25, -0.2) is 0 Å². The third-order valence-corrected chi connectivity index (χ3v) is 14.3. The van der Waals surface area contributed by atoms with Gasteiger partial charge in [-0.05, 0) is 102 Å². The number of thiophene rings is 1. The van der Waals surface area contributed by atoms with Crippen LogP contribution in [0.15, 0.2) is 203 Å². The van der Waals surface area contributed by atoms with Gasteiger partial charge in [0, 0.05) is 52.8 Å². The molecule has 3 heteroatoms. The van der Waals surface area contributed by atoms with E-state index in [1.54, 1.807) is 0 Å². The van der Waals surface area contributed by atoms with E-state index < -0.39 is 0 Å². The summed E-state index contributed by atoms with van der Waals surface area (Å²) in [4.78, 5) is 0. The van der Waals surface area contributed by atoms with Crippen LogP contribution in [0.5, 0.6) is 0 Å². The highest BCUT2D eigenvalue weighted by Crippen LogP contribution is 2.50. The molecule has 14 rings (SSSR count). The molecule has 0 aliphatic rings. The normalized spacial score (nSPS) is 12.3. The van der Waals surface area contributed by atoms with E-state index in [0.29, 0.717) is 0 Å². The minimum Gasteiger partial charge on any atom is -0.456 e. The molecule has 0 atom stereocenters. The van der Waals surface area contributed by atoms with E-state index in [-0.39, 0.29) is 0 Å². The van der Waals surface area contributed by atoms with Crippen molar-refractivity contribution in [1.29, 1.82) is 0 Å². The molecule has 0 unspecified atom stereocenters. The Morgan fingerprint density at radius 3 is 1.67 bits per heavy atom. The Morgan fingerprint density at radius 2 is 0.885 bits per heavy atom. The summed E-state index contributed by atoms with van der Waals surface area (Å²) in [6.45, 7) is 0. The molecule has 0 saturated heterocycles. The predicted octanol–water partition coefficient (Wildman–Crippen LogP) is 17.5. The molecule has 3 heterocycles. The first-order valence-corrected chi connectivity index (χ1v) is 21.6. The SMILES string of the molecule is c1ccc2c(-c3c4ccccc4c(-c4ccc5sc6c(-c7c8ccccc8cc8c7oc7ccc9oc%10ccccc%10c9c78)cccc6c5c4)c4ccccc34)cccc2c1. The molecule has 0 radical (unpaired) electrons. The van der Waals surface area contributed by atoms with Crippen LogP contribution in [-0.4, -0.2) is 0 Å². The van der Waals surface area contributed by atoms with Crippen LogP contribution in [0.3, 0.4) is 0 Å². The van der Waals surface area contributed by atoms with Crippen LogP contribution in [0.25, 0.3) is 141 Å². The summed E-state index contributed by atoms with van der Waals surface area (Å²) < 4.78 is 15.9. The molecular formula is C58H32O2S. The first-order valence-electron chi connectivity index (χ1n) is 20.8. The Bertz CT molecular complexity index is 4120. The lowest BCUT2D eigenvalue weighted by atomic mass is 9.84. The highest BCUT2D eigenvalue weighted by atomic mass is 32.1. The summed E-state index contributed by atoms with van der Waals surface area (Å²) in [6.07, 6.45) is 0. The highest BCUT2D eigenvalue weighted by molar-refractivity contribution is 7.26. The summed E-state index contributed by atoms with van der Waals surface area (Å²) in [6, 6.07) is 70.7. The van der Waals surface area contributed by atoms with E-state index in [1.807, 2.05) is 29.5 Å². The number of hydrogen-bond acceptors (Lipinski definition) is 3. The topological polar surface area (TPSA) is 26.3 Å². The molecule has 14 aromatic rings. The van der Waals surface area contributed by atoms with Crippen LogP contribution in [-0.2, 0) is 0 Å². The lowest BCUT2D eigenvalue weighted by Crippen LogP contribution is -1.91. The Kier molecular flexibility index (Phi) is 6.74. The standard InChI is InChI=1S/C58H32O2S/c1-3-16-36-33(13-1)15-11-23-38(36)53-41-20-7-5-18-39(41)52(40-19-6-8-21-42(40)53)35-27-30-51-46(32-35)43-24-12-25-45(58(43)61-51)54-37-17-4-2-14-34(37)31-47-56-50(60-57(47)54)29-28-49-55(56)44-22-9-10-26-48(44)59-49/h1-32H. The summed E-state index contributed by atoms with van der Waals surface area (Å²) in [5.74, 6) is 0. The molecular weight excluding hydrogens is 761 g/mol. The van der Waals surface area contributed by atoms with Gasteiger partial charge in [-0.1, -0.05) is 158 Å². The van der Waals surface area contributed by atoms with Gasteiger partial charge in [0.2, 0.25) is 0 Å². The summed E-state index contributed by atoms with van der Waals surface area (Å²) >= 11 is 1.87. The lowest BCUT2D eigenvalue weighted by Gasteiger charge is -2.19. The fraction of sp³-hybridized carbons (Fsp3) is 0. The summed E-state index contributed by atoms with van der Waals surface area (Å²) in [7, 11) is 0. The third-order valence-electron chi connectivity index (χ3n) is 13.0. The van der Waals surface area contributed by atoms with Crippen molar-refractivity contribution in [2.24, 2.45) is 0 Å². The molecule has 282 valence electrons. The van der Waals surface area contributed by atoms with E-state index in [9.17, 15) is 0 Å². The minimum absolute atomic E-state index is 0.865. The molecule has 2 nitrogen and oxygen atoms in total. The second kappa shape index (κ2) is 12.4. The van der Waals surface area contributed by atoms with Crippen molar-refractivity contribution in [2.75, 3.05) is 0 Å². The van der Waals surface area contributed by atoms with Crippen LogP contribution in [0, 0.1) is 0 Å². The van der Waals surface area contributed by atoms with E-state index in [2.05, 4.69) is 176 Å². The summed E-state index contributed by atoms with van der Waals surface area (Å²) in [5, 5.41) is 16.8. The number of benzene rings is 11. The second-order valence-corrected chi connectivity index (χ2v) is 17.3. The average Bonchev–Trinajstić information content (AvgIpc) is 4.01. The first-order chi connectivity index (χ1) is 30.3. The largest absolute Gasteiger partial charge is 0.456 e. The third kappa shape index (κ3) is 4.61. The molecule has 0 bridgehead atoms. The van der Waals surface area contributed by atoms with Gasteiger partial charge >= 0.3 is 0 Å². The van der Waals surface area contributed by atoms with Gasteiger partial charge in [-0.3, -0.25) is 0 Å². The first kappa shape index (κ1) is 33.1. The van der Waals surface area contributed by atoms with Crippen molar-refractivity contribution < 1.29 is 8.83 Å². The van der Waals surface area contributed by atoms with Gasteiger partial charge in [0.15, 0.2) is 0 Å². The van der Waals surface area contributed by atoms with Crippen LogP contribution in [0.2, 0.25) is 0 Å². The van der Waals surface area contributed by atoms with Crippen LogP contribution in [0.4, 0.5) is 0 Å². The molecule has 0 saturated carbocycles. The minimum atomic E-state index is 0.865. The number of rotatable bonds is 3. The van der Waals surface area contributed by atoms with Crippen molar-refractivity contribution >= 4 is 118 Å². The van der Waals surface area contributed by atoms with Gasteiger partial charge < -0.3 is 8.83 Å². The maximum absolute atomic E-state index is 6.98. The monoisotopic (exact) mass is 792 g/mol. The molecule has 3 aromatic heterocycles. The maximum Gasteiger partial charge on any atom is 0.143 e. The molecule has 0 N–H and O–H groups in total. The number of fused-ring (bicyclic) bond motifs is 14. The van der Waals surface area contributed by atoms with Gasteiger partial charge in [0.05, 0.1) is 0 Å². The zero-order valence-electron chi connectivity index (χ0n) is 32.7. The van der Waals surface area contributed by atoms with Crippen LogP contribution >= 0.6 is 11.3 Å². The molecule has 11 aromatic carbocycles. The number of hydrogen-bond donors (Lipinski definition) is 0. The Morgan fingerprint density at radius 1 is 0.311 bits per heavy atom. The van der Waals surface area contributed by atoms with Crippen molar-refractivity contribution in [3.05, 3.63) is 194 Å². The number of para-hydroxylation sites is 1. The highest BCUT2D eigenvalue weighted by Gasteiger charge is 2.24. The number of furan rings is 2. The zero-order chi connectivity index (χ0) is 39.8. The van der Waals surface area contributed by atoms with Crippen molar-refractivity contribution in [1.82, 2.24) is 0 Å². The maximum atomic E-state index is 6.98. The van der Waals surface area contributed by atoms with Crippen molar-refractivity contribution in [3.63, 3.8) is 0 Å². The van der Waals surface area contributed by atoms with Gasteiger partial charge in [-0.15, -0.1) is 11.3 Å². The van der Waals surface area contributed by atoms with Crippen LogP contribution < -0.4 is 0 Å². The van der Waals surface area contributed by atoms with Crippen molar-refractivity contribution in [2.45, 2.75) is 0 Å². The molecule has 0 amide bonds. The van der Waals surface area contributed by atoms with Gasteiger partial charge in [0.1, 0.15) is 22.3 Å². The van der Waals surface area contributed by atoms with Crippen molar-refractivity contribution in [3.8, 4) is 33.4 Å². The molecule has 0 aliphatic heterocycles. The molecule has 61 heavy (non-hydrogen) atoms.